The first-order chi connectivity index (χ1) is 9.47. The highest BCUT2D eigenvalue weighted by molar-refractivity contribution is 14.1. The summed E-state index contributed by atoms with van der Waals surface area (Å²) in [5, 5.41) is 10.6. The summed E-state index contributed by atoms with van der Waals surface area (Å²) in [6, 6.07) is 10.5. The molecule has 2 aromatic carbocycles. The van der Waals surface area contributed by atoms with Crippen molar-refractivity contribution in [1.82, 2.24) is 0 Å². The molecule has 0 aliphatic heterocycles. The van der Waals surface area contributed by atoms with Gasteiger partial charge in [-0.1, -0.05) is 17.7 Å². The van der Waals surface area contributed by atoms with E-state index in [-0.39, 0.29) is 16.3 Å². The van der Waals surface area contributed by atoms with Crippen LogP contribution in [0.1, 0.15) is 10.4 Å². The first-order valence-electron chi connectivity index (χ1n) is 5.39. The molecule has 0 aliphatic rings. The normalized spacial score (nSPS) is 10.1. The Hall–Kier alpha value is -1.67. The highest BCUT2D eigenvalue weighted by atomic mass is 127. The van der Waals surface area contributed by atoms with Gasteiger partial charge in [0.1, 0.15) is 5.75 Å². The molecule has 0 aliphatic carbocycles. The van der Waals surface area contributed by atoms with Gasteiger partial charge in [-0.25, -0.2) is 4.79 Å². The highest BCUT2D eigenvalue weighted by Gasteiger charge is 2.16. The van der Waals surface area contributed by atoms with Crippen molar-refractivity contribution in [2.45, 2.75) is 0 Å². The molecule has 7 heteroatoms. The molecule has 102 valence electrons. The number of rotatable bonds is 3. The fourth-order valence-corrected chi connectivity index (χ4v) is 2.24. The molecular weight excluding hydrogens is 397 g/mol. The van der Waals surface area contributed by atoms with Crippen LogP contribution in [0.4, 0.5) is 5.69 Å². The number of carbonyl (C=O) groups is 1. The maximum absolute atomic E-state index is 11.9. The Morgan fingerprint density at radius 2 is 2.00 bits per heavy atom. The number of non-ortho nitro benzene ring substituents is 1. The molecule has 2 rings (SSSR count). The maximum Gasteiger partial charge on any atom is 0.345 e. The molecule has 0 N–H and O–H groups in total. The third-order valence-electron chi connectivity index (χ3n) is 2.39. The van der Waals surface area contributed by atoms with Crippen LogP contribution in [0, 0.1) is 13.7 Å². The Balaban J connectivity index is 2.23. The summed E-state index contributed by atoms with van der Waals surface area (Å²) in [6.45, 7) is 0. The van der Waals surface area contributed by atoms with E-state index in [1.165, 1.54) is 12.1 Å². The van der Waals surface area contributed by atoms with Gasteiger partial charge in [0.25, 0.3) is 5.69 Å². The van der Waals surface area contributed by atoms with Crippen LogP contribution in [0.25, 0.3) is 0 Å². The van der Waals surface area contributed by atoms with Gasteiger partial charge in [-0.3, -0.25) is 10.1 Å². The van der Waals surface area contributed by atoms with Crippen LogP contribution in [0.3, 0.4) is 0 Å². The van der Waals surface area contributed by atoms with Gasteiger partial charge < -0.3 is 4.74 Å². The number of halogens is 2. The molecule has 0 amide bonds. The quantitative estimate of drug-likeness (QED) is 0.255. The van der Waals surface area contributed by atoms with E-state index in [4.69, 9.17) is 16.3 Å². The van der Waals surface area contributed by atoms with E-state index in [2.05, 4.69) is 22.6 Å². The molecule has 5 nitrogen and oxygen atoms in total. The zero-order valence-corrected chi connectivity index (χ0v) is 12.8. The number of hydrogen-bond donors (Lipinski definition) is 0. The molecule has 0 unspecified atom stereocenters. The van der Waals surface area contributed by atoms with Gasteiger partial charge in [0, 0.05) is 15.7 Å². The van der Waals surface area contributed by atoms with Gasteiger partial charge in [-0.15, -0.1) is 0 Å². The van der Waals surface area contributed by atoms with Crippen molar-refractivity contribution in [1.29, 1.82) is 0 Å². The smallest absolute Gasteiger partial charge is 0.345 e. The fourth-order valence-electron chi connectivity index (χ4n) is 1.48. The second kappa shape index (κ2) is 6.19. The topological polar surface area (TPSA) is 69.4 Å². The van der Waals surface area contributed by atoms with Crippen LogP contribution < -0.4 is 4.74 Å². The van der Waals surface area contributed by atoms with Crippen molar-refractivity contribution in [3.8, 4) is 5.75 Å². The van der Waals surface area contributed by atoms with Gasteiger partial charge in [0.05, 0.1) is 15.5 Å². The van der Waals surface area contributed by atoms with Crippen molar-refractivity contribution in [3.63, 3.8) is 0 Å². The summed E-state index contributed by atoms with van der Waals surface area (Å²) < 4.78 is 6.08. The lowest BCUT2D eigenvalue weighted by Gasteiger charge is -2.06. The van der Waals surface area contributed by atoms with Crippen molar-refractivity contribution in [2.24, 2.45) is 0 Å². The molecule has 0 spiro atoms. The SMILES string of the molecule is O=C(Oc1cccc(I)c1)c1ccc([N+](=O)[O-])cc1Cl. The number of benzene rings is 2. The van der Waals surface area contributed by atoms with Gasteiger partial charge in [-0.2, -0.15) is 0 Å². The second-order valence-electron chi connectivity index (χ2n) is 3.77. The lowest BCUT2D eigenvalue weighted by atomic mass is 10.2. The maximum atomic E-state index is 11.9. The first-order valence-corrected chi connectivity index (χ1v) is 6.85. The lowest BCUT2D eigenvalue weighted by Crippen LogP contribution is -2.09. The van der Waals surface area contributed by atoms with E-state index in [1.807, 2.05) is 6.07 Å². The van der Waals surface area contributed by atoms with Crippen LogP contribution >= 0.6 is 34.2 Å². The zero-order valence-electron chi connectivity index (χ0n) is 9.88. The molecule has 0 atom stereocenters. The van der Waals surface area contributed by atoms with E-state index in [0.717, 1.165) is 9.64 Å². The van der Waals surface area contributed by atoms with Gasteiger partial charge in [0.2, 0.25) is 0 Å². The minimum atomic E-state index is -0.660. The standard InChI is InChI=1S/C13H7ClINO4/c14-12-7-9(16(18)19)4-5-11(12)13(17)20-10-3-1-2-8(15)6-10/h1-7H. The molecule has 2 aromatic rings. The lowest BCUT2D eigenvalue weighted by molar-refractivity contribution is -0.384. The Morgan fingerprint density at radius 3 is 2.60 bits per heavy atom. The Kier molecular flexibility index (Phi) is 4.56. The number of esters is 1. The van der Waals surface area contributed by atoms with Crippen molar-refractivity contribution in [3.05, 3.63) is 66.7 Å². The fraction of sp³-hybridized carbons (Fsp3) is 0. The van der Waals surface area contributed by atoms with Crippen LogP contribution in [0.5, 0.6) is 5.75 Å². The number of nitro groups is 1. The van der Waals surface area contributed by atoms with Gasteiger partial charge >= 0.3 is 5.97 Å². The summed E-state index contributed by atoms with van der Waals surface area (Å²) in [4.78, 5) is 22.0. The van der Waals surface area contributed by atoms with Gasteiger partial charge in [0.15, 0.2) is 0 Å². The van der Waals surface area contributed by atoms with Crippen LogP contribution in [0.2, 0.25) is 5.02 Å². The van der Waals surface area contributed by atoms with Gasteiger partial charge in [-0.05, 0) is 46.9 Å². The van der Waals surface area contributed by atoms with Crippen molar-refractivity contribution < 1.29 is 14.5 Å². The van der Waals surface area contributed by atoms with Crippen LogP contribution in [-0.4, -0.2) is 10.9 Å². The number of nitro benzene ring substituents is 1. The summed E-state index contributed by atoms with van der Waals surface area (Å²) >= 11 is 7.95. The minimum Gasteiger partial charge on any atom is -0.423 e. The average molecular weight is 404 g/mol. The van der Waals surface area contributed by atoms with E-state index in [9.17, 15) is 14.9 Å². The third kappa shape index (κ3) is 3.45. The molecule has 0 heterocycles. The third-order valence-corrected chi connectivity index (χ3v) is 3.37. The monoisotopic (exact) mass is 403 g/mol. The Morgan fingerprint density at radius 1 is 1.25 bits per heavy atom. The molecule has 20 heavy (non-hydrogen) atoms. The zero-order chi connectivity index (χ0) is 14.7. The van der Waals surface area contributed by atoms with E-state index < -0.39 is 10.9 Å². The van der Waals surface area contributed by atoms with E-state index in [0.29, 0.717) is 5.75 Å². The number of carbonyl (C=O) groups excluding carboxylic acids is 1. The van der Waals surface area contributed by atoms with Crippen LogP contribution in [0.15, 0.2) is 42.5 Å². The Labute approximate surface area is 132 Å². The number of hydrogen-bond acceptors (Lipinski definition) is 4. The average Bonchev–Trinajstić information content (AvgIpc) is 2.38. The summed E-state index contributed by atoms with van der Waals surface area (Å²) in [7, 11) is 0. The largest absolute Gasteiger partial charge is 0.423 e. The molecule has 0 bridgehead atoms. The summed E-state index contributed by atoms with van der Waals surface area (Å²) in [6.07, 6.45) is 0. The van der Waals surface area contributed by atoms with Crippen molar-refractivity contribution >= 4 is 45.8 Å². The molecule has 0 fully saturated rings. The predicted octanol–water partition coefficient (Wildman–Crippen LogP) is 4.07. The van der Waals surface area contributed by atoms with E-state index in [1.54, 1.807) is 18.2 Å². The molecule has 0 radical (unpaired) electrons. The minimum absolute atomic E-state index is 0.0187. The summed E-state index contributed by atoms with van der Waals surface area (Å²) in [5.74, 6) is -0.275. The Bertz CT molecular complexity index is 690. The van der Waals surface area contributed by atoms with E-state index >= 15 is 0 Å². The van der Waals surface area contributed by atoms with Crippen LogP contribution in [-0.2, 0) is 0 Å². The molecule has 0 aromatic heterocycles. The first kappa shape index (κ1) is 14.7. The number of ether oxygens (including phenoxy) is 1. The highest BCUT2D eigenvalue weighted by Crippen LogP contribution is 2.24. The predicted molar refractivity (Wildman–Crippen MR) is 82.2 cm³/mol. The molecule has 0 saturated carbocycles. The van der Waals surface area contributed by atoms with Crippen molar-refractivity contribution in [2.75, 3.05) is 0 Å². The summed E-state index contributed by atoms with van der Waals surface area (Å²) in [5.41, 5.74) is -0.100. The molecule has 0 saturated heterocycles. The number of nitrogens with zero attached hydrogens (tertiary/aromatic N) is 1. The second-order valence-corrected chi connectivity index (χ2v) is 5.42. The molecular formula is C13H7ClINO4.